The number of fused-ring (bicyclic) bond motifs is 6. The van der Waals surface area contributed by atoms with Crippen molar-refractivity contribution < 1.29 is 0 Å². The molecular formula is C63H46N2. The number of para-hydroxylation sites is 2. The van der Waals surface area contributed by atoms with Crippen LogP contribution in [0.5, 0.6) is 0 Å². The van der Waals surface area contributed by atoms with Crippen LogP contribution in [0.2, 0.25) is 0 Å². The van der Waals surface area contributed by atoms with Crippen molar-refractivity contribution in [3.05, 3.63) is 254 Å². The minimum atomic E-state index is -0.122. The van der Waals surface area contributed by atoms with Crippen LogP contribution in [0.1, 0.15) is 25.0 Å². The average Bonchev–Trinajstić information content (AvgIpc) is 3.82. The molecule has 0 saturated heterocycles. The van der Waals surface area contributed by atoms with E-state index in [1.54, 1.807) is 0 Å². The van der Waals surface area contributed by atoms with Crippen LogP contribution in [0.15, 0.2) is 243 Å². The fourth-order valence-corrected chi connectivity index (χ4v) is 10.3. The van der Waals surface area contributed by atoms with Crippen molar-refractivity contribution in [1.82, 2.24) is 4.57 Å². The fourth-order valence-electron chi connectivity index (χ4n) is 10.3. The maximum absolute atomic E-state index is 2.43. The Morgan fingerprint density at radius 3 is 1.55 bits per heavy atom. The van der Waals surface area contributed by atoms with Gasteiger partial charge in [-0.25, -0.2) is 0 Å². The van der Waals surface area contributed by atoms with Crippen LogP contribution in [0, 0.1) is 0 Å². The highest BCUT2D eigenvalue weighted by Gasteiger charge is 2.35. The second kappa shape index (κ2) is 15.6. The second-order valence-electron chi connectivity index (χ2n) is 17.7. The van der Waals surface area contributed by atoms with E-state index in [4.69, 9.17) is 0 Å². The van der Waals surface area contributed by atoms with Crippen LogP contribution in [-0.4, -0.2) is 4.57 Å². The van der Waals surface area contributed by atoms with E-state index in [-0.39, 0.29) is 5.41 Å². The van der Waals surface area contributed by atoms with Gasteiger partial charge in [0, 0.05) is 38.9 Å². The summed E-state index contributed by atoms with van der Waals surface area (Å²) in [5.41, 5.74) is 21.7. The van der Waals surface area contributed by atoms with Crippen molar-refractivity contribution >= 4 is 38.9 Å². The minimum absolute atomic E-state index is 0.122. The molecule has 0 bridgehead atoms. The molecule has 2 nitrogen and oxygen atoms in total. The van der Waals surface area contributed by atoms with Gasteiger partial charge in [-0.15, -0.1) is 0 Å². The van der Waals surface area contributed by atoms with Gasteiger partial charge >= 0.3 is 0 Å². The Hall–Kier alpha value is -8.20. The Morgan fingerprint density at radius 2 is 0.800 bits per heavy atom. The zero-order valence-corrected chi connectivity index (χ0v) is 36.5. The van der Waals surface area contributed by atoms with Crippen molar-refractivity contribution in [2.24, 2.45) is 0 Å². The minimum Gasteiger partial charge on any atom is -0.310 e. The smallest absolute Gasteiger partial charge is 0.0541 e. The first-order valence-corrected chi connectivity index (χ1v) is 22.6. The van der Waals surface area contributed by atoms with Crippen LogP contribution >= 0.6 is 0 Å². The normalized spacial score (nSPS) is 12.6. The first-order chi connectivity index (χ1) is 32.0. The number of nitrogens with zero attached hydrogens (tertiary/aromatic N) is 2. The molecule has 2 heteroatoms. The molecule has 1 aliphatic carbocycles. The largest absolute Gasteiger partial charge is 0.310 e. The van der Waals surface area contributed by atoms with Crippen LogP contribution in [0.25, 0.3) is 83.1 Å². The molecule has 308 valence electrons. The molecule has 0 radical (unpaired) electrons. The molecule has 0 atom stereocenters. The summed E-state index contributed by atoms with van der Waals surface area (Å²) in [5, 5.41) is 2.51. The lowest BCUT2D eigenvalue weighted by atomic mass is 9.82. The van der Waals surface area contributed by atoms with E-state index in [2.05, 4.69) is 266 Å². The lowest BCUT2D eigenvalue weighted by Gasteiger charge is -2.29. The van der Waals surface area contributed by atoms with Gasteiger partial charge in [-0.05, 0) is 133 Å². The van der Waals surface area contributed by atoms with Crippen molar-refractivity contribution in [3.8, 4) is 61.3 Å². The maximum Gasteiger partial charge on any atom is 0.0541 e. The molecule has 1 aliphatic rings. The SMILES string of the molecule is CC1(C)c2ccccc2-c2ccc(N(c3ccc(-c4ccccc4)cc3)c3ccc(-c4ccc(-c5ccc6c(c5)c5ccccc5n6-c5ccccc5)cc4)c(-c4ccccc4)c3)cc21. The van der Waals surface area contributed by atoms with Gasteiger partial charge in [0.25, 0.3) is 0 Å². The lowest BCUT2D eigenvalue weighted by molar-refractivity contribution is 0.660. The van der Waals surface area contributed by atoms with Crippen LogP contribution < -0.4 is 4.90 Å². The molecule has 65 heavy (non-hydrogen) atoms. The van der Waals surface area contributed by atoms with E-state index in [9.17, 15) is 0 Å². The molecule has 0 N–H and O–H groups in total. The number of rotatable bonds is 8. The van der Waals surface area contributed by atoms with Gasteiger partial charge in [0.2, 0.25) is 0 Å². The van der Waals surface area contributed by atoms with Crippen molar-refractivity contribution in [2.45, 2.75) is 19.3 Å². The molecule has 0 spiro atoms. The highest BCUT2D eigenvalue weighted by molar-refractivity contribution is 6.10. The standard InChI is InChI=1S/C63H46N2/c1-63(2)59-24-14-12-22-54(59)55-38-36-52(42-60(55)63)64(50-33-30-44(31-34-50)43-16-6-3-7-17-43)51-35-37-53(57(41-51)46-18-8-4-9-19-46)47-28-26-45(27-29-47)48-32-39-62-58(40-48)56-23-13-15-25-61(56)65(62)49-20-10-5-11-21-49/h3-42H,1-2H3. The molecule has 0 fully saturated rings. The predicted octanol–water partition coefficient (Wildman–Crippen LogP) is 17.2. The first kappa shape index (κ1) is 38.5. The summed E-state index contributed by atoms with van der Waals surface area (Å²) in [6.07, 6.45) is 0. The molecule has 1 heterocycles. The summed E-state index contributed by atoms with van der Waals surface area (Å²) in [7, 11) is 0. The second-order valence-corrected chi connectivity index (χ2v) is 17.7. The number of hydrogen-bond donors (Lipinski definition) is 0. The van der Waals surface area contributed by atoms with Gasteiger partial charge in [-0.1, -0.05) is 190 Å². The van der Waals surface area contributed by atoms with E-state index in [0.717, 1.165) is 17.1 Å². The van der Waals surface area contributed by atoms with Gasteiger partial charge < -0.3 is 9.47 Å². The summed E-state index contributed by atoms with van der Waals surface area (Å²) < 4.78 is 2.37. The summed E-state index contributed by atoms with van der Waals surface area (Å²) in [6.45, 7) is 4.72. The quantitative estimate of drug-likeness (QED) is 0.148. The fraction of sp³-hybridized carbons (Fsp3) is 0.0476. The number of aromatic nitrogens is 1. The maximum atomic E-state index is 2.43. The third-order valence-corrected chi connectivity index (χ3v) is 13.6. The Kier molecular flexibility index (Phi) is 9.21. The monoisotopic (exact) mass is 830 g/mol. The zero-order valence-electron chi connectivity index (χ0n) is 36.5. The predicted molar refractivity (Wildman–Crippen MR) is 275 cm³/mol. The molecule has 0 aliphatic heterocycles. The number of anilines is 3. The summed E-state index contributed by atoms with van der Waals surface area (Å²) in [5.74, 6) is 0. The van der Waals surface area contributed by atoms with E-state index in [1.807, 2.05) is 0 Å². The average molecular weight is 831 g/mol. The third-order valence-electron chi connectivity index (χ3n) is 13.6. The molecule has 0 amide bonds. The highest BCUT2D eigenvalue weighted by Crippen LogP contribution is 2.51. The Morgan fingerprint density at radius 1 is 0.308 bits per heavy atom. The van der Waals surface area contributed by atoms with Gasteiger partial charge in [0.1, 0.15) is 0 Å². The Balaban J connectivity index is 0.960. The van der Waals surface area contributed by atoms with Crippen molar-refractivity contribution in [1.29, 1.82) is 0 Å². The van der Waals surface area contributed by atoms with Crippen molar-refractivity contribution in [2.75, 3.05) is 4.90 Å². The van der Waals surface area contributed by atoms with Crippen LogP contribution in [0.3, 0.4) is 0 Å². The van der Waals surface area contributed by atoms with E-state index in [1.165, 1.54) is 94.3 Å². The summed E-state index contributed by atoms with van der Waals surface area (Å²) in [4.78, 5) is 2.43. The lowest BCUT2D eigenvalue weighted by Crippen LogP contribution is -2.16. The van der Waals surface area contributed by atoms with Crippen molar-refractivity contribution in [3.63, 3.8) is 0 Å². The molecular weight excluding hydrogens is 785 g/mol. The summed E-state index contributed by atoms with van der Waals surface area (Å²) in [6, 6.07) is 88.8. The van der Waals surface area contributed by atoms with Gasteiger partial charge in [-0.2, -0.15) is 0 Å². The molecule has 0 saturated carbocycles. The van der Waals surface area contributed by atoms with Crippen LogP contribution in [-0.2, 0) is 5.41 Å². The molecule has 11 aromatic rings. The van der Waals surface area contributed by atoms with Crippen LogP contribution in [0.4, 0.5) is 17.1 Å². The summed E-state index contributed by atoms with van der Waals surface area (Å²) >= 11 is 0. The Bertz CT molecular complexity index is 3530. The van der Waals surface area contributed by atoms with Gasteiger partial charge in [0.15, 0.2) is 0 Å². The van der Waals surface area contributed by atoms with E-state index < -0.39 is 0 Å². The number of hydrogen-bond acceptors (Lipinski definition) is 1. The Labute approximate surface area is 381 Å². The molecule has 0 unspecified atom stereocenters. The zero-order chi connectivity index (χ0) is 43.5. The number of benzene rings is 10. The molecule has 1 aromatic heterocycles. The van der Waals surface area contributed by atoms with E-state index in [0.29, 0.717) is 0 Å². The molecule has 10 aromatic carbocycles. The first-order valence-electron chi connectivity index (χ1n) is 22.6. The topological polar surface area (TPSA) is 8.17 Å². The van der Waals surface area contributed by atoms with Gasteiger partial charge in [0.05, 0.1) is 11.0 Å². The highest BCUT2D eigenvalue weighted by atomic mass is 15.1. The third kappa shape index (κ3) is 6.57. The van der Waals surface area contributed by atoms with E-state index >= 15 is 0 Å². The molecule has 12 rings (SSSR count). The van der Waals surface area contributed by atoms with Gasteiger partial charge in [-0.3, -0.25) is 0 Å².